The molecule has 1 aromatic heterocycles. The molecule has 2 heterocycles. The topological polar surface area (TPSA) is 89.3 Å². The van der Waals surface area contributed by atoms with Gasteiger partial charge < -0.3 is 19.9 Å². The van der Waals surface area contributed by atoms with E-state index < -0.39 is 0 Å². The van der Waals surface area contributed by atoms with E-state index in [4.69, 9.17) is 9.26 Å². The first kappa shape index (κ1) is 14.0. The Bertz CT molecular complexity index is 401. The van der Waals surface area contributed by atoms with Gasteiger partial charge >= 0.3 is 0 Å². The Morgan fingerprint density at radius 3 is 3.00 bits per heavy atom. The fraction of sp³-hybridized carbons (Fsp3) is 0.750. The van der Waals surface area contributed by atoms with Gasteiger partial charge in [0.05, 0.1) is 19.3 Å². The maximum absolute atomic E-state index is 11.6. The molecule has 1 aliphatic heterocycles. The van der Waals surface area contributed by atoms with Gasteiger partial charge in [-0.05, 0) is 32.9 Å². The molecule has 1 aromatic rings. The Morgan fingerprint density at radius 2 is 2.32 bits per heavy atom. The van der Waals surface area contributed by atoms with Crippen LogP contribution in [0.15, 0.2) is 4.52 Å². The van der Waals surface area contributed by atoms with Crippen LogP contribution in [-0.2, 0) is 16.1 Å². The van der Waals surface area contributed by atoms with E-state index in [9.17, 15) is 4.79 Å². The van der Waals surface area contributed by atoms with Gasteiger partial charge in [0.25, 0.3) is 0 Å². The summed E-state index contributed by atoms with van der Waals surface area (Å²) in [5.74, 6) is 0.924. The van der Waals surface area contributed by atoms with E-state index in [0.29, 0.717) is 24.7 Å². The fourth-order valence-corrected chi connectivity index (χ4v) is 1.95. The number of carbonyl (C=O) groups is 1. The van der Waals surface area contributed by atoms with Crippen LogP contribution in [0.5, 0.6) is 0 Å². The fourth-order valence-electron chi connectivity index (χ4n) is 1.95. The second-order valence-electron chi connectivity index (χ2n) is 4.58. The number of rotatable bonds is 6. The van der Waals surface area contributed by atoms with Crippen molar-refractivity contribution in [1.29, 1.82) is 0 Å². The highest BCUT2D eigenvalue weighted by molar-refractivity contribution is 5.75. The highest BCUT2D eigenvalue weighted by Crippen LogP contribution is 2.07. The van der Waals surface area contributed by atoms with E-state index in [1.807, 2.05) is 0 Å². The Morgan fingerprint density at radius 1 is 1.53 bits per heavy atom. The molecule has 0 saturated carbocycles. The lowest BCUT2D eigenvalue weighted by atomic mass is 10.1. The SMILES string of the molecule is Cc1noc(CNC(=O)CCOC2CCNCC2)n1. The van der Waals surface area contributed by atoms with Gasteiger partial charge in [0.1, 0.15) is 0 Å². The van der Waals surface area contributed by atoms with Gasteiger partial charge in [-0.2, -0.15) is 4.98 Å². The third-order valence-electron chi connectivity index (χ3n) is 2.98. The molecule has 1 amide bonds. The largest absolute Gasteiger partial charge is 0.378 e. The highest BCUT2D eigenvalue weighted by atomic mass is 16.5. The minimum Gasteiger partial charge on any atom is -0.378 e. The average molecular weight is 268 g/mol. The minimum absolute atomic E-state index is 0.0650. The maximum Gasteiger partial charge on any atom is 0.246 e. The van der Waals surface area contributed by atoms with Gasteiger partial charge in [0.2, 0.25) is 11.8 Å². The molecule has 1 fully saturated rings. The van der Waals surface area contributed by atoms with E-state index in [-0.39, 0.29) is 18.6 Å². The molecule has 7 nitrogen and oxygen atoms in total. The van der Waals surface area contributed by atoms with E-state index in [0.717, 1.165) is 25.9 Å². The van der Waals surface area contributed by atoms with Crippen LogP contribution in [0.2, 0.25) is 0 Å². The molecule has 2 rings (SSSR count). The lowest BCUT2D eigenvalue weighted by Crippen LogP contribution is -2.33. The molecule has 1 saturated heterocycles. The van der Waals surface area contributed by atoms with Gasteiger partial charge in [0.15, 0.2) is 5.82 Å². The van der Waals surface area contributed by atoms with Crippen LogP contribution in [0.4, 0.5) is 0 Å². The lowest BCUT2D eigenvalue weighted by Gasteiger charge is -2.22. The van der Waals surface area contributed by atoms with E-state index in [1.54, 1.807) is 6.92 Å². The number of amides is 1. The van der Waals surface area contributed by atoms with Crippen LogP contribution in [0.25, 0.3) is 0 Å². The number of hydrogen-bond donors (Lipinski definition) is 2. The van der Waals surface area contributed by atoms with Gasteiger partial charge in [-0.15, -0.1) is 0 Å². The number of nitrogens with zero attached hydrogens (tertiary/aromatic N) is 2. The van der Waals surface area contributed by atoms with Crippen molar-refractivity contribution in [2.75, 3.05) is 19.7 Å². The maximum atomic E-state index is 11.6. The van der Waals surface area contributed by atoms with Crippen LogP contribution in [-0.4, -0.2) is 41.8 Å². The predicted molar refractivity (Wildman–Crippen MR) is 67.3 cm³/mol. The Hall–Kier alpha value is -1.47. The average Bonchev–Trinajstić information content (AvgIpc) is 2.83. The Kier molecular flexibility index (Phi) is 5.29. The first-order chi connectivity index (χ1) is 9.24. The zero-order chi connectivity index (χ0) is 13.5. The van der Waals surface area contributed by atoms with Crippen LogP contribution in [0.1, 0.15) is 31.0 Å². The molecule has 19 heavy (non-hydrogen) atoms. The van der Waals surface area contributed by atoms with E-state index in [1.165, 1.54) is 0 Å². The molecule has 106 valence electrons. The van der Waals surface area contributed by atoms with Crippen molar-refractivity contribution in [2.24, 2.45) is 0 Å². The normalized spacial score (nSPS) is 16.5. The molecule has 2 N–H and O–H groups in total. The summed E-state index contributed by atoms with van der Waals surface area (Å²) in [5, 5.41) is 9.64. The van der Waals surface area contributed by atoms with Gasteiger partial charge in [-0.3, -0.25) is 4.79 Å². The summed E-state index contributed by atoms with van der Waals surface area (Å²) in [7, 11) is 0. The molecule has 0 radical (unpaired) electrons. The van der Waals surface area contributed by atoms with Crippen LogP contribution < -0.4 is 10.6 Å². The number of aryl methyl sites for hydroxylation is 1. The first-order valence-electron chi connectivity index (χ1n) is 6.62. The molecule has 1 aliphatic rings. The van der Waals surface area contributed by atoms with Crippen molar-refractivity contribution < 1.29 is 14.1 Å². The smallest absolute Gasteiger partial charge is 0.246 e. The second kappa shape index (κ2) is 7.20. The summed E-state index contributed by atoms with van der Waals surface area (Å²) in [5.41, 5.74) is 0. The number of nitrogens with one attached hydrogen (secondary N) is 2. The lowest BCUT2D eigenvalue weighted by molar-refractivity contribution is -0.123. The summed E-state index contributed by atoms with van der Waals surface area (Å²) in [6.07, 6.45) is 2.68. The third kappa shape index (κ3) is 4.96. The molecule has 0 aliphatic carbocycles. The van der Waals surface area contributed by atoms with Gasteiger partial charge in [0, 0.05) is 6.42 Å². The molecule has 0 unspecified atom stereocenters. The summed E-state index contributed by atoms with van der Waals surface area (Å²) >= 11 is 0. The second-order valence-corrected chi connectivity index (χ2v) is 4.58. The van der Waals surface area contributed by atoms with Crippen LogP contribution >= 0.6 is 0 Å². The third-order valence-corrected chi connectivity index (χ3v) is 2.98. The summed E-state index contributed by atoms with van der Waals surface area (Å²) in [4.78, 5) is 15.6. The van der Waals surface area contributed by atoms with E-state index in [2.05, 4.69) is 20.8 Å². The number of ether oxygens (including phenoxy) is 1. The molecule has 7 heteroatoms. The zero-order valence-corrected chi connectivity index (χ0v) is 11.1. The number of aromatic nitrogens is 2. The number of carbonyl (C=O) groups excluding carboxylic acids is 1. The quantitative estimate of drug-likeness (QED) is 0.763. The molecular weight excluding hydrogens is 248 g/mol. The summed E-state index contributed by atoms with van der Waals surface area (Å²) < 4.78 is 10.6. The number of piperidine rings is 1. The summed E-state index contributed by atoms with van der Waals surface area (Å²) in [6.45, 7) is 4.45. The van der Waals surface area contributed by atoms with Crippen LogP contribution in [0.3, 0.4) is 0 Å². The monoisotopic (exact) mass is 268 g/mol. The molecule has 0 aromatic carbocycles. The highest BCUT2D eigenvalue weighted by Gasteiger charge is 2.13. The van der Waals surface area contributed by atoms with Crippen molar-refractivity contribution in [3.05, 3.63) is 11.7 Å². The number of hydrogen-bond acceptors (Lipinski definition) is 6. The van der Waals surface area contributed by atoms with Gasteiger partial charge in [-0.25, -0.2) is 0 Å². The predicted octanol–water partition coefficient (Wildman–Crippen LogP) is 0.153. The molecule has 0 atom stereocenters. The van der Waals surface area contributed by atoms with Crippen molar-refractivity contribution in [3.63, 3.8) is 0 Å². The standard InChI is InChI=1S/C12H20N4O3/c1-9-15-12(19-16-9)8-14-11(17)4-7-18-10-2-5-13-6-3-10/h10,13H,2-8H2,1H3,(H,14,17). The van der Waals surface area contributed by atoms with Crippen molar-refractivity contribution in [2.45, 2.75) is 38.8 Å². The van der Waals surface area contributed by atoms with Crippen molar-refractivity contribution in [1.82, 2.24) is 20.8 Å². The van der Waals surface area contributed by atoms with Crippen LogP contribution in [0, 0.1) is 6.92 Å². The Labute approximate surface area is 112 Å². The summed E-state index contributed by atoms with van der Waals surface area (Å²) in [6, 6.07) is 0. The molecule has 0 spiro atoms. The zero-order valence-electron chi connectivity index (χ0n) is 11.1. The molecule has 0 bridgehead atoms. The van der Waals surface area contributed by atoms with Crippen molar-refractivity contribution in [3.8, 4) is 0 Å². The Balaban J connectivity index is 1.56. The van der Waals surface area contributed by atoms with E-state index >= 15 is 0 Å². The van der Waals surface area contributed by atoms with Gasteiger partial charge in [-0.1, -0.05) is 5.16 Å². The van der Waals surface area contributed by atoms with Crippen molar-refractivity contribution >= 4 is 5.91 Å². The molecular formula is C12H20N4O3. The minimum atomic E-state index is -0.0650. The first-order valence-corrected chi connectivity index (χ1v) is 6.62.